The SMILES string of the molecule is BrCC1CCCN1c1ncnc2c1CCCCC2. The van der Waals surface area contributed by atoms with E-state index >= 15 is 0 Å². The van der Waals surface area contributed by atoms with E-state index < -0.39 is 0 Å². The largest absolute Gasteiger partial charge is 0.352 e. The first kappa shape index (κ1) is 12.4. The van der Waals surface area contributed by atoms with Crippen molar-refractivity contribution in [3.05, 3.63) is 17.6 Å². The predicted octanol–water partition coefficient (Wildman–Crippen LogP) is 3.11. The van der Waals surface area contributed by atoms with Crippen molar-refractivity contribution >= 4 is 21.7 Å². The molecule has 3 rings (SSSR count). The number of aromatic nitrogens is 2. The lowest BCUT2D eigenvalue weighted by molar-refractivity contribution is 0.706. The van der Waals surface area contributed by atoms with Crippen LogP contribution in [0.2, 0.25) is 0 Å². The molecule has 18 heavy (non-hydrogen) atoms. The Hall–Kier alpha value is -0.640. The lowest BCUT2D eigenvalue weighted by Crippen LogP contribution is -2.32. The van der Waals surface area contributed by atoms with Gasteiger partial charge in [0.05, 0.1) is 0 Å². The van der Waals surface area contributed by atoms with Gasteiger partial charge in [-0.3, -0.25) is 0 Å². The summed E-state index contributed by atoms with van der Waals surface area (Å²) in [6, 6.07) is 0.618. The fraction of sp³-hybridized carbons (Fsp3) is 0.714. The van der Waals surface area contributed by atoms with E-state index in [0.717, 1.165) is 24.7 Å². The average molecular weight is 310 g/mol. The molecule has 1 aromatic rings. The second-order valence-electron chi connectivity index (χ2n) is 5.33. The average Bonchev–Trinajstić information content (AvgIpc) is 2.74. The first-order valence-corrected chi connectivity index (χ1v) is 8.17. The van der Waals surface area contributed by atoms with Crippen molar-refractivity contribution in [2.75, 3.05) is 16.8 Å². The molecule has 0 saturated carbocycles. The Kier molecular flexibility index (Phi) is 3.83. The van der Waals surface area contributed by atoms with Crippen LogP contribution in [0.15, 0.2) is 6.33 Å². The molecule has 0 aromatic carbocycles. The minimum absolute atomic E-state index is 0.618. The van der Waals surface area contributed by atoms with E-state index in [2.05, 4.69) is 30.8 Å². The second-order valence-corrected chi connectivity index (χ2v) is 5.97. The van der Waals surface area contributed by atoms with Crippen molar-refractivity contribution in [2.45, 2.75) is 51.0 Å². The highest BCUT2D eigenvalue weighted by atomic mass is 79.9. The summed E-state index contributed by atoms with van der Waals surface area (Å²) in [6.07, 6.45) is 10.5. The lowest BCUT2D eigenvalue weighted by atomic mass is 10.1. The molecule has 1 saturated heterocycles. The molecule has 0 N–H and O–H groups in total. The van der Waals surface area contributed by atoms with Gasteiger partial charge in [-0.25, -0.2) is 9.97 Å². The normalized spacial score (nSPS) is 23.8. The molecular formula is C14H20BrN3. The van der Waals surface area contributed by atoms with Crippen LogP contribution < -0.4 is 4.90 Å². The number of alkyl halides is 1. The van der Waals surface area contributed by atoms with E-state index in [1.807, 2.05) is 0 Å². The van der Waals surface area contributed by atoms with E-state index in [-0.39, 0.29) is 0 Å². The predicted molar refractivity (Wildman–Crippen MR) is 77.5 cm³/mol. The van der Waals surface area contributed by atoms with Gasteiger partial charge in [-0.1, -0.05) is 22.4 Å². The summed E-state index contributed by atoms with van der Waals surface area (Å²) in [7, 11) is 0. The van der Waals surface area contributed by atoms with E-state index in [1.54, 1.807) is 6.33 Å². The molecule has 3 nitrogen and oxygen atoms in total. The molecule has 0 amide bonds. The topological polar surface area (TPSA) is 29.0 Å². The number of aryl methyl sites for hydroxylation is 1. The van der Waals surface area contributed by atoms with Gasteiger partial charge in [-0.2, -0.15) is 0 Å². The van der Waals surface area contributed by atoms with E-state index in [0.29, 0.717) is 6.04 Å². The number of hydrogen-bond acceptors (Lipinski definition) is 3. The Morgan fingerprint density at radius 2 is 2.06 bits per heavy atom. The van der Waals surface area contributed by atoms with E-state index in [4.69, 9.17) is 0 Å². The molecule has 0 spiro atoms. The number of hydrogen-bond donors (Lipinski definition) is 0. The fourth-order valence-corrected chi connectivity index (χ4v) is 3.88. The Balaban J connectivity index is 1.96. The van der Waals surface area contributed by atoms with Gasteiger partial charge in [-0.05, 0) is 38.5 Å². The molecule has 1 atom stereocenters. The zero-order valence-electron chi connectivity index (χ0n) is 10.7. The van der Waals surface area contributed by atoms with Gasteiger partial charge in [0, 0.05) is 29.2 Å². The molecule has 1 unspecified atom stereocenters. The number of rotatable bonds is 2. The Bertz CT molecular complexity index is 422. The number of fused-ring (bicyclic) bond motifs is 1. The third kappa shape index (κ3) is 2.27. The van der Waals surface area contributed by atoms with Crippen molar-refractivity contribution in [1.29, 1.82) is 0 Å². The van der Waals surface area contributed by atoms with Crippen LogP contribution in [0, 0.1) is 0 Å². The molecule has 1 aliphatic carbocycles. The van der Waals surface area contributed by atoms with Gasteiger partial charge in [0.25, 0.3) is 0 Å². The standard InChI is InChI=1S/C14H20BrN3/c15-9-11-5-4-8-18(11)14-12-6-2-1-3-7-13(12)16-10-17-14/h10-11H,1-9H2. The maximum absolute atomic E-state index is 4.61. The van der Waals surface area contributed by atoms with Crippen molar-refractivity contribution in [2.24, 2.45) is 0 Å². The van der Waals surface area contributed by atoms with Gasteiger partial charge in [0.15, 0.2) is 0 Å². The minimum atomic E-state index is 0.618. The maximum Gasteiger partial charge on any atom is 0.135 e. The zero-order valence-corrected chi connectivity index (χ0v) is 12.3. The van der Waals surface area contributed by atoms with Crippen LogP contribution in [0.4, 0.5) is 5.82 Å². The Morgan fingerprint density at radius 3 is 2.94 bits per heavy atom. The molecule has 2 aliphatic rings. The summed E-state index contributed by atoms with van der Waals surface area (Å²) in [4.78, 5) is 11.6. The van der Waals surface area contributed by atoms with Crippen LogP contribution in [0.1, 0.15) is 43.4 Å². The molecule has 0 radical (unpaired) electrons. The molecule has 1 aliphatic heterocycles. The second kappa shape index (κ2) is 5.55. The summed E-state index contributed by atoms with van der Waals surface area (Å²) in [5.74, 6) is 1.23. The molecule has 4 heteroatoms. The van der Waals surface area contributed by atoms with Crippen molar-refractivity contribution in [3.8, 4) is 0 Å². The molecule has 1 fully saturated rings. The smallest absolute Gasteiger partial charge is 0.135 e. The number of anilines is 1. The third-order valence-electron chi connectivity index (χ3n) is 4.18. The van der Waals surface area contributed by atoms with Crippen LogP contribution in [-0.2, 0) is 12.8 Å². The monoisotopic (exact) mass is 309 g/mol. The van der Waals surface area contributed by atoms with Crippen LogP contribution in [0.3, 0.4) is 0 Å². The highest BCUT2D eigenvalue weighted by Crippen LogP contribution is 2.31. The summed E-state index contributed by atoms with van der Waals surface area (Å²) in [5.41, 5.74) is 2.74. The highest BCUT2D eigenvalue weighted by Gasteiger charge is 2.27. The third-order valence-corrected chi connectivity index (χ3v) is 4.93. The Morgan fingerprint density at radius 1 is 1.17 bits per heavy atom. The molecule has 1 aromatic heterocycles. The summed E-state index contributed by atoms with van der Waals surface area (Å²) in [5, 5.41) is 1.05. The Labute approximate surface area is 117 Å². The lowest BCUT2D eigenvalue weighted by Gasteiger charge is -2.26. The van der Waals surface area contributed by atoms with Gasteiger partial charge in [-0.15, -0.1) is 0 Å². The van der Waals surface area contributed by atoms with Gasteiger partial charge in [0.1, 0.15) is 12.1 Å². The van der Waals surface area contributed by atoms with Crippen molar-refractivity contribution in [1.82, 2.24) is 9.97 Å². The van der Waals surface area contributed by atoms with Crippen LogP contribution >= 0.6 is 15.9 Å². The number of nitrogens with zero attached hydrogens (tertiary/aromatic N) is 3. The summed E-state index contributed by atoms with van der Waals surface area (Å²) < 4.78 is 0. The quantitative estimate of drug-likeness (QED) is 0.621. The van der Waals surface area contributed by atoms with E-state index in [9.17, 15) is 0 Å². The van der Waals surface area contributed by atoms with Gasteiger partial charge >= 0.3 is 0 Å². The van der Waals surface area contributed by atoms with Crippen molar-refractivity contribution < 1.29 is 0 Å². The molecular weight excluding hydrogens is 290 g/mol. The van der Waals surface area contributed by atoms with Gasteiger partial charge < -0.3 is 4.90 Å². The fourth-order valence-electron chi connectivity index (χ4n) is 3.20. The van der Waals surface area contributed by atoms with Gasteiger partial charge in [0.2, 0.25) is 0 Å². The van der Waals surface area contributed by atoms with E-state index in [1.165, 1.54) is 49.2 Å². The summed E-state index contributed by atoms with van der Waals surface area (Å²) in [6.45, 7) is 1.15. The first-order chi connectivity index (χ1) is 8.90. The number of halogens is 1. The first-order valence-electron chi connectivity index (χ1n) is 7.05. The van der Waals surface area contributed by atoms with Crippen LogP contribution in [0.25, 0.3) is 0 Å². The zero-order chi connectivity index (χ0) is 12.4. The minimum Gasteiger partial charge on any atom is -0.352 e. The molecule has 98 valence electrons. The maximum atomic E-state index is 4.61. The summed E-state index contributed by atoms with van der Waals surface area (Å²) >= 11 is 3.64. The van der Waals surface area contributed by atoms with Crippen molar-refractivity contribution in [3.63, 3.8) is 0 Å². The van der Waals surface area contributed by atoms with Crippen LogP contribution in [0.5, 0.6) is 0 Å². The molecule has 2 heterocycles. The van der Waals surface area contributed by atoms with Crippen LogP contribution in [-0.4, -0.2) is 27.9 Å². The molecule has 0 bridgehead atoms. The highest BCUT2D eigenvalue weighted by molar-refractivity contribution is 9.09.